The predicted molar refractivity (Wildman–Crippen MR) is 150 cm³/mol. The van der Waals surface area contributed by atoms with Crippen LogP contribution in [0.1, 0.15) is 74.1 Å². The van der Waals surface area contributed by atoms with E-state index in [1.54, 1.807) is 24.3 Å². The molecular weight excluding hydrogens is 588 g/mol. The zero-order chi connectivity index (χ0) is 26.2. The van der Waals surface area contributed by atoms with Crippen molar-refractivity contribution in [2.75, 3.05) is 13.2 Å². The van der Waals surface area contributed by atoms with Crippen molar-refractivity contribution in [2.24, 2.45) is 11.8 Å². The Hall–Kier alpha value is -2.06. The Morgan fingerprint density at radius 1 is 0.778 bits per heavy atom. The second kappa shape index (κ2) is 13.5. The van der Waals surface area contributed by atoms with Gasteiger partial charge in [-0.3, -0.25) is 9.59 Å². The van der Waals surface area contributed by atoms with Crippen LogP contribution in [0.4, 0.5) is 0 Å². The average Bonchev–Trinajstić information content (AvgIpc) is 2.83. The first-order valence-corrected chi connectivity index (χ1v) is 14.2. The lowest BCUT2D eigenvalue weighted by molar-refractivity contribution is 0.0862. The minimum Gasteiger partial charge on any atom is -0.492 e. The van der Waals surface area contributed by atoms with Gasteiger partial charge in [-0.2, -0.15) is 0 Å². The molecule has 196 valence electrons. The molecule has 0 radical (unpaired) electrons. The molecule has 0 heterocycles. The zero-order valence-corrected chi connectivity index (χ0v) is 24.6. The first-order chi connectivity index (χ1) is 17.1. The van der Waals surface area contributed by atoms with Crippen LogP contribution >= 0.6 is 31.9 Å². The Morgan fingerprint density at radius 3 is 1.50 bits per heavy atom. The van der Waals surface area contributed by atoms with Crippen LogP contribution in [-0.2, 0) is 0 Å². The summed E-state index contributed by atoms with van der Waals surface area (Å²) in [4.78, 5) is 26.1. The van der Waals surface area contributed by atoms with Crippen LogP contribution in [0.2, 0.25) is 0 Å². The van der Waals surface area contributed by atoms with Crippen molar-refractivity contribution in [2.45, 2.75) is 65.5 Å². The molecule has 3 rings (SSSR count). The predicted octanol–water partition coefficient (Wildman–Crippen LogP) is 6.75. The number of halogens is 2. The smallest absolute Gasteiger partial charge is 0.251 e. The molecule has 1 aliphatic carbocycles. The maximum atomic E-state index is 13.0. The molecule has 2 atom stereocenters. The summed E-state index contributed by atoms with van der Waals surface area (Å²) >= 11 is 7.03. The van der Waals surface area contributed by atoms with Gasteiger partial charge in [0.15, 0.2) is 0 Å². The lowest BCUT2D eigenvalue weighted by atomic mass is 9.89. The van der Waals surface area contributed by atoms with Crippen molar-refractivity contribution in [1.82, 2.24) is 10.6 Å². The Balaban J connectivity index is 1.63. The summed E-state index contributed by atoms with van der Waals surface area (Å²) in [5, 5.41) is 6.28. The summed E-state index contributed by atoms with van der Waals surface area (Å²) in [5.74, 6) is 1.94. The van der Waals surface area contributed by atoms with E-state index in [-0.39, 0.29) is 23.9 Å². The summed E-state index contributed by atoms with van der Waals surface area (Å²) in [6.45, 7) is 9.57. The van der Waals surface area contributed by atoms with Crippen molar-refractivity contribution in [3.8, 4) is 11.5 Å². The van der Waals surface area contributed by atoms with Crippen molar-refractivity contribution >= 4 is 43.7 Å². The van der Waals surface area contributed by atoms with Crippen LogP contribution in [-0.4, -0.2) is 37.1 Å². The number of hydrogen-bond donors (Lipinski definition) is 2. The van der Waals surface area contributed by atoms with E-state index in [2.05, 4.69) is 70.2 Å². The standard InChI is InChI=1S/C28H36Br2N2O4/c1-17(2)15-35-25-11-9-19(13-21(25)29)27(33)31-23-7-5-6-8-24(23)32-28(34)20-10-12-26(22(30)14-20)36-16-18(3)4/h9-14,17-18,23-24H,5-8,15-16H2,1-4H3,(H,31,33)(H,32,34). The topological polar surface area (TPSA) is 76.7 Å². The largest absolute Gasteiger partial charge is 0.492 e. The van der Waals surface area contributed by atoms with E-state index >= 15 is 0 Å². The highest BCUT2D eigenvalue weighted by Crippen LogP contribution is 2.28. The van der Waals surface area contributed by atoms with E-state index in [4.69, 9.17) is 9.47 Å². The second-order valence-electron chi connectivity index (χ2n) is 10.1. The molecule has 6 nitrogen and oxygen atoms in total. The molecule has 36 heavy (non-hydrogen) atoms. The molecule has 0 aliphatic heterocycles. The van der Waals surface area contributed by atoms with Gasteiger partial charge in [0.1, 0.15) is 11.5 Å². The number of nitrogens with one attached hydrogen (secondary N) is 2. The van der Waals surface area contributed by atoms with Gasteiger partial charge < -0.3 is 20.1 Å². The summed E-state index contributed by atoms with van der Waals surface area (Å²) in [7, 11) is 0. The monoisotopic (exact) mass is 622 g/mol. The molecule has 2 unspecified atom stereocenters. The average molecular weight is 624 g/mol. The van der Waals surface area contributed by atoms with Gasteiger partial charge in [-0.05, 0) is 92.9 Å². The highest BCUT2D eigenvalue weighted by Gasteiger charge is 2.28. The van der Waals surface area contributed by atoms with Crippen LogP contribution in [0.25, 0.3) is 0 Å². The maximum Gasteiger partial charge on any atom is 0.251 e. The summed E-state index contributed by atoms with van der Waals surface area (Å²) in [6.07, 6.45) is 3.66. The van der Waals surface area contributed by atoms with E-state index in [1.807, 2.05) is 12.1 Å². The molecule has 2 N–H and O–H groups in total. The third-order valence-corrected chi connectivity index (χ3v) is 7.17. The molecule has 1 aliphatic rings. The molecule has 8 heteroatoms. The van der Waals surface area contributed by atoms with Crippen LogP contribution < -0.4 is 20.1 Å². The van der Waals surface area contributed by atoms with Gasteiger partial charge in [0, 0.05) is 23.2 Å². The van der Waals surface area contributed by atoms with E-state index in [0.717, 1.165) is 46.1 Å². The second-order valence-corrected chi connectivity index (χ2v) is 11.9. The number of benzene rings is 2. The van der Waals surface area contributed by atoms with E-state index in [1.165, 1.54) is 0 Å². The van der Waals surface area contributed by atoms with Gasteiger partial charge >= 0.3 is 0 Å². The van der Waals surface area contributed by atoms with Crippen LogP contribution in [0.15, 0.2) is 45.3 Å². The highest BCUT2D eigenvalue weighted by atomic mass is 79.9. The Labute approximate surface area is 231 Å². The summed E-state index contributed by atoms with van der Waals surface area (Å²) in [6, 6.07) is 10.5. The number of amides is 2. The SMILES string of the molecule is CC(C)COc1ccc(C(=O)NC2CCCCC2NC(=O)c2ccc(OCC(C)C)c(Br)c2)cc1Br. The number of hydrogen-bond acceptors (Lipinski definition) is 4. The fourth-order valence-electron chi connectivity index (χ4n) is 4.01. The third-order valence-electron chi connectivity index (χ3n) is 5.93. The fraction of sp³-hybridized carbons (Fsp3) is 0.500. The molecule has 0 bridgehead atoms. The van der Waals surface area contributed by atoms with E-state index in [9.17, 15) is 9.59 Å². The number of carbonyl (C=O) groups is 2. The summed E-state index contributed by atoms with van der Waals surface area (Å²) in [5.41, 5.74) is 1.10. The normalized spacial score (nSPS) is 17.7. The maximum absolute atomic E-state index is 13.0. The number of ether oxygens (including phenoxy) is 2. The molecule has 0 spiro atoms. The zero-order valence-electron chi connectivity index (χ0n) is 21.4. The lowest BCUT2D eigenvalue weighted by Crippen LogP contribution is -2.53. The first kappa shape index (κ1) is 28.5. The van der Waals surface area contributed by atoms with Gasteiger partial charge in [-0.1, -0.05) is 40.5 Å². The van der Waals surface area contributed by atoms with Crippen molar-refractivity contribution in [3.63, 3.8) is 0 Å². The number of carbonyl (C=O) groups excluding carboxylic acids is 2. The minimum absolute atomic E-state index is 0.136. The quantitative estimate of drug-likeness (QED) is 0.307. The molecule has 0 saturated heterocycles. The van der Waals surface area contributed by atoms with E-state index < -0.39 is 0 Å². The Bertz CT molecular complexity index is 974. The van der Waals surface area contributed by atoms with Crippen molar-refractivity contribution in [3.05, 3.63) is 56.5 Å². The molecule has 2 aromatic rings. The van der Waals surface area contributed by atoms with Gasteiger partial charge in [0.25, 0.3) is 11.8 Å². The fourth-order valence-corrected chi connectivity index (χ4v) is 5.00. The molecule has 1 saturated carbocycles. The van der Waals surface area contributed by atoms with Crippen molar-refractivity contribution < 1.29 is 19.1 Å². The molecule has 0 aromatic heterocycles. The van der Waals surface area contributed by atoms with Crippen LogP contribution in [0.5, 0.6) is 11.5 Å². The lowest BCUT2D eigenvalue weighted by Gasteiger charge is -2.33. The molecule has 2 amide bonds. The molecule has 2 aromatic carbocycles. The van der Waals surface area contributed by atoms with Gasteiger partial charge in [0.2, 0.25) is 0 Å². The van der Waals surface area contributed by atoms with Gasteiger partial charge in [-0.25, -0.2) is 0 Å². The van der Waals surface area contributed by atoms with Crippen LogP contribution in [0.3, 0.4) is 0 Å². The highest BCUT2D eigenvalue weighted by molar-refractivity contribution is 9.10. The Morgan fingerprint density at radius 2 is 1.17 bits per heavy atom. The van der Waals surface area contributed by atoms with Crippen LogP contribution in [0, 0.1) is 11.8 Å². The van der Waals surface area contributed by atoms with Gasteiger partial charge in [-0.15, -0.1) is 0 Å². The minimum atomic E-state index is -0.161. The summed E-state index contributed by atoms with van der Waals surface area (Å²) < 4.78 is 13.1. The Kier molecular flexibility index (Phi) is 10.7. The third kappa shape index (κ3) is 8.23. The molecular formula is C28H36Br2N2O4. The first-order valence-electron chi connectivity index (χ1n) is 12.6. The van der Waals surface area contributed by atoms with Gasteiger partial charge in [0.05, 0.1) is 22.2 Å². The molecule has 1 fully saturated rings. The van der Waals surface area contributed by atoms with E-state index in [0.29, 0.717) is 36.2 Å². The number of rotatable bonds is 10. The van der Waals surface area contributed by atoms with Crippen molar-refractivity contribution in [1.29, 1.82) is 0 Å².